The number of carbonyl (C=O) groups is 3. The summed E-state index contributed by atoms with van der Waals surface area (Å²) >= 11 is 12.8. The van der Waals surface area contributed by atoms with Gasteiger partial charge in [-0.05, 0) is 81.9 Å². The van der Waals surface area contributed by atoms with E-state index < -0.39 is 40.3 Å². The van der Waals surface area contributed by atoms with Crippen molar-refractivity contribution in [3.63, 3.8) is 0 Å². The summed E-state index contributed by atoms with van der Waals surface area (Å²) in [6, 6.07) is 38.4. The Morgan fingerprint density at radius 2 is 0.913 bits per heavy atom. The number of Topliss-reactive ketones (excluding diaryl/α,β-unsaturated/α-hetero) is 1. The first-order chi connectivity index (χ1) is 22.3. The fourth-order valence-electron chi connectivity index (χ4n) is 8.20. The molecule has 5 aromatic carbocycles. The number of benzene rings is 5. The van der Waals surface area contributed by atoms with Gasteiger partial charge < -0.3 is 0 Å². The molecule has 0 radical (unpaired) electrons. The lowest BCUT2D eigenvalue weighted by atomic mass is 9.59. The van der Waals surface area contributed by atoms with E-state index in [1.165, 1.54) is 24.3 Å². The number of imide groups is 1. The molecule has 224 valence electrons. The number of hydrogen-bond acceptors (Lipinski definition) is 3. The van der Waals surface area contributed by atoms with Crippen LogP contribution in [0.25, 0.3) is 11.1 Å². The second kappa shape index (κ2) is 10.3. The smallest absolute Gasteiger partial charge is 0.239 e. The van der Waals surface area contributed by atoms with Crippen molar-refractivity contribution in [1.82, 2.24) is 0 Å². The zero-order valence-electron chi connectivity index (χ0n) is 24.2. The summed E-state index contributed by atoms with van der Waals surface area (Å²) in [5.41, 5.74) is 1.12. The molecule has 0 unspecified atom stereocenters. The topological polar surface area (TPSA) is 54.5 Å². The summed E-state index contributed by atoms with van der Waals surface area (Å²) < 4.78 is 14.0. The van der Waals surface area contributed by atoms with E-state index in [9.17, 15) is 14.0 Å². The molecular formula is C39H24Cl2FNO3. The molecule has 0 N–H and O–H groups in total. The van der Waals surface area contributed by atoms with Crippen LogP contribution in [0.5, 0.6) is 0 Å². The summed E-state index contributed by atoms with van der Waals surface area (Å²) in [6.07, 6.45) is 0. The van der Waals surface area contributed by atoms with Gasteiger partial charge in [-0.15, -0.1) is 0 Å². The van der Waals surface area contributed by atoms with Crippen LogP contribution in [0, 0.1) is 17.7 Å². The maximum absolute atomic E-state index is 15.9. The van der Waals surface area contributed by atoms with Crippen LogP contribution in [0.1, 0.15) is 22.3 Å². The number of hydrogen-bond donors (Lipinski definition) is 0. The number of nitrogens with zero attached hydrogens (tertiary/aromatic N) is 1. The Kier molecular flexibility index (Phi) is 6.44. The van der Waals surface area contributed by atoms with E-state index in [2.05, 4.69) is 0 Å². The number of allylic oxidation sites excluding steroid dienone is 2. The van der Waals surface area contributed by atoms with Gasteiger partial charge in [-0.25, -0.2) is 9.29 Å². The van der Waals surface area contributed by atoms with Crippen molar-refractivity contribution >= 4 is 57.6 Å². The monoisotopic (exact) mass is 643 g/mol. The number of fused-ring (bicyclic) bond motifs is 5. The molecular weight excluding hydrogens is 620 g/mol. The number of halogens is 3. The Bertz CT molecular complexity index is 1950. The molecule has 2 amide bonds. The van der Waals surface area contributed by atoms with Crippen LogP contribution < -0.4 is 4.90 Å². The normalized spacial score (nSPS) is 25.0. The van der Waals surface area contributed by atoms with E-state index in [0.29, 0.717) is 32.3 Å². The molecule has 8 rings (SSSR count). The van der Waals surface area contributed by atoms with E-state index in [1.807, 2.05) is 60.7 Å². The summed E-state index contributed by atoms with van der Waals surface area (Å²) in [6.45, 7) is 0. The van der Waals surface area contributed by atoms with Gasteiger partial charge in [0.05, 0.1) is 28.4 Å². The second-order valence-electron chi connectivity index (χ2n) is 11.9. The first-order valence-corrected chi connectivity index (χ1v) is 15.6. The first-order valence-electron chi connectivity index (χ1n) is 14.9. The summed E-state index contributed by atoms with van der Waals surface area (Å²) in [5, 5.41) is 0.943. The Labute approximate surface area is 274 Å². The molecule has 3 aliphatic rings. The zero-order valence-corrected chi connectivity index (χ0v) is 25.7. The SMILES string of the molecule is O=C1[C@H]2[C@H](C(=O)N1c1ccc(F)cc1)[C@@]1(c3ccc(Cl)cc3)C(=O)[C@@]2(c2ccc(Cl)cc2)C(c2ccccc2)=C1c1ccccc1. The Hall–Kier alpha value is -4.84. The molecule has 0 spiro atoms. The van der Waals surface area contributed by atoms with Crippen molar-refractivity contribution in [2.75, 3.05) is 4.90 Å². The molecule has 2 aliphatic carbocycles. The fraction of sp³-hybridized carbons (Fsp3) is 0.103. The molecule has 1 aliphatic heterocycles. The van der Waals surface area contributed by atoms with Crippen LogP contribution in [0.2, 0.25) is 10.0 Å². The largest absolute Gasteiger partial charge is 0.297 e. The Morgan fingerprint density at radius 1 is 0.522 bits per heavy atom. The molecule has 7 heteroatoms. The Morgan fingerprint density at radius 3 is 1.30 bits per heavy atom. The number of carbonyl (C=O) groups excluding carboxylic acids is 3. The summed E-state index contributed by atoms with van der Waals surface area (Å²) in [5.74, 6) is -3.97. The molecule has 4 atom stereocenters. The van der Waals surface area contributed by atoms with Crippen molar-refractivity contribution in [2.24, 2.45) is 11.8 Å². The molecule has 46 heavy (non-hydrogen) atoms. The minimum atomic E-state index is -1.57. The molecule has 0 aromatic heterocycles. The Balaban J connectivity index is 1.56. The van der Waals surface area contributed by atoms with Crippen LogP contribution in [0.3, 0.4) is 0 Å². The van der Waals surface area contributed by atoms with Crippen molar-refractivity contribution in [3.8, 4) is 0 Å². The van der Waals surface area contributed by atoms with Crippen LogP contribution in [-0.4, -0.2) is 17.6 Å². The van der Waals surface area contributed by atoms with Gasteiger partial charge in [-0.2, -0.15) is 0 Å². The van der Waals surface area contributed by atoms with Crippen LogP contribution >= 0.6 is 23.2 Å². The average Bonchev–Trinajstić information content (AvgIpc) is 3.58. The highest BCUT2D eigenvalue weighted by Gasteiger charge is 2.82. The number of rotatable bonds is 5. The second-order valence-corrected chi connectivity index (χ2v) is 12.8. The van der Waals surface area contributed by atoms with Gasteiger partial charge in [-0.1, -0.05) is 108 Å². The van der Waals surface area contributed by atoms with E-state index in [0.717, 1.165) is 16.0 Å². The number of anilines is 1. The minimum Gasteiger partial charge on any atom is -0.297 e. The number of ketones is 1. The summed E-state index contributed by atoms with van der Waals surface area (Å²) in [7, 11) is 0. The van der Waals surface area contributed by atoms with Gasteiger partial charge in [0, 0.05) is 10.0 Å². The van der Waals surface area contributed by atoms with Gasteiger partial charge in [-0.3, -0.25) is 14.4 Å². The van der Waals surface area contributed by atoms with Gasteiger partial charge in [0.25, 0.3) is 0 Å². The van der Waals surface area contributed by atoms with E-state index in [-0.39, 0.29) is 11.5 Å². The standard InChI is InChI=1S/C39H24Cl2FNO3/c40-27-15-11-25(12-16-27)38-31(23-7-3-1-4-8-23)32(24-9-5-2-6-10-24)39(37(38)46,26-13-17-28(41)18-14-26)34-33(38)35(44)43(36(34)45)30-21-19-29(42)20-22-30/h1-22,33-34H/t33-,34-,38+,39+/m1/s1. The van der Waals surface area contributed by atoms with E-state index >= 15 is 4.79 Å². The molecule has 2 fully saturated rings. The van der Waals surface area contributed by atoms with Crippen molar-refractivity contribution in [1.29, 1.82) is 0 Å². The highest BCUT2D eigenvalue weighted by molar-refractivity contribution is 6.39. The summed E-state index contributed by atoms with van der Waals surface area (Å²) in [4.78, 5) is 46.8. The lowest BCUT2D eigenvalue weighted by Crippen LogP contribution is -2.45. The quantitative estimate of drug-likeness (QED) is 0.181. The molecule has 1 saturated heterocycles. The van der Waals surface area contributed by atoms with E-state index in [1.54, 1.807) is 48.5 Å². The van der Waals surface area contributed by atoms with Crippen LogP contribution in [-0.2, 0) is 25.2 Å². The minimum absolute atomic E-state index is 0.248. The van der Waals surface area contributed by atoms with Gasteiger partial charge in [0.15, 0.2) is 5.78 Å². The predicted octanol–water partition coefficient (Wildman–Crippen LogP) is 8.32. The van der Waals surface area contributed by atoms with E-state index in [4.69, 9.17) is 23.2 Å². The first kappa shape index (κ1) is 28.6. The lowest BCUT2D eigenvalue weighted by Gasteiger charge is -2.39. The molecule has 1 heterocycles. The van der Waals surface area contributed by atoms with Gasteiger partial charge >= 0.3 is 0 Å². The maximum atomic E-state index is 15.9. The van der Waals surface area contributed by atoms with Gasteiger partial charge in [0.1, 0.15) is 5.82 Å². The molecule has 5 aromatic rings. The average molecular weight is 645 g/mol. The molecule has 4 nitrogen and oxygen atoms in total. The fourth-order valence-corrected chi connectivity index (χ4v) is 8.45. The predicted molar refractivity (Wildman–Crippen MR) is 177 cm³/mol. The molecule has 1 saturated carbocycles. The highest BCUT2D eigenvalue weighted by atomic mass is 35.5. The van der Waals surface area contributed by atoms with Crippen molar-refractivity contribution < 1.29 is 18.8 Å². The number of amides is 2. The third-order valence-electron chi connectivity index (χ3n) is 9.80. The maximum Gasteiger partial charge on any atom is 0.239 e. The molecule has 2 bridgehead atoms. The van der Waals surface area contributed by atoms with Crippen molar-refractivity contribution in [3.05, 3.63) is 172 Å². The van der Waals surface area contributed by atoms with Gasteiger partial charge in [0.2, 0.25) is 11.8 Å². The third-order valence-corrected chi connectivity index (χ3v) is 10.3. The third kappa shape index (κ3) is 3.64. The van der Waals surface area contributed by atoms with Crippen LogP contribution in [0.15, 0.2) is 133 Å². The van der Waals surface area contributed by atoms with Crippen molar-refractivity contribution in [2.45, 2.75) is 10.8 Å². The highest BCUT2D eigenvalue weighted by Crippen LogP contribution is 2.74. The van der Waals surface area contributed by atoms with Crippen LogP contribution in [0.4, 0.5) is 10.1 Å². The lowest BCUT2D eigenvalue weighted by molar-refractivity contribution is -0.130. The zero-order chi connectivity index (χ0) is 31.8.